The van der Waals surface area contributed by atoms with E-state index in [1.807, 2.05) is 34.6 Å². The van der Waals surface area contributed by atoms with Crippen LogP contribution in [0.4, 0.5) is 0 Å². The maximum atomic E-state index is 8.11. The summed E-state index contributed by atoms with van der Waals surface area (Å²) in [5.74, 6) is 0. The number of aliphatic hydroxyl groups excluding tert-OH is 4. The minimum Gasteiger partial charge on any atom is -0.394 e. The molecule has 0 heterocycles. The largest absolute Gasteiger partial charge is 0.394 e. The second-order valence-corrected chi connectivity index (χ2v) is 4.12. The summed E-state index contributed by atoms with van der Waals surface area (Å²) in [6.45, 7) is 14.6. The summed E-state index contributed by atoms with van der Waals surface area (Å²) in [7, 11) is 0. The van der Waals surface area contributed by atoms with Crippen LogP contribution in [0.2, 0.25) is 0 Å². The molecule has 5 heteroatoms. The van der Waals surface area contributed by atoms with E-state index in [2.05, 4.69) is 6.58 Å². The minimum atomic E-state index is -0.560. The third-order valence-corrected chi connectivity index (χ3v) is 0.909. The minimum absolute atomic E-state index is 0.125. The van der Waals surface area contributed by atoms with Crippen molar-refractivity contribution in [1.29, 1.82) is 0 Å². The summed E-state index contributed by atoms with van der Waals surface area (Å²) in [6.07, 6.45) is 1.94. The van der Waals surface area contributed by atoms with Gasteiger partial charge in [-0.15, -0.1) is 6.58 Å². The molecule has 0 aliphatic rings. The van der Waals surface area contributed by atoms with Crippen molar-refractivity contribution < 1.29 is 25.2 Å². The number of rotatable bonds is 4. The van der Waals surface area contributed by atoms with Crippen LogP contribution in [0.5, 0.6) is 0 Å². The van der Waals surface area contributed by atoms with Crippen LogP contribution in [0.25, 0.3) is 0 Å². The first kappa shape index (κ1) is 27.0. The van der Waals surface area contributed by atoms with E-state index < -0.39 is 6.10 Å². The van der Waals surface area contributed by atoms with Gasteiger partial charge in [0, 0.05) is 0 Å². The van der Waals surface area contributed by atoms with Gasteiger partial charge < -0.3 is 25.2 Å². The highest BCUT2D eigenvalue weighted by atomic mass is 16.5. The Kier molecular flexibility index (Phi) is 37.2. The summed E-state index contributed by atoms with van der Waals surface area (Å²) < 4.78 is 5.25. The van der Waals surface area contributed by atoms with Gasteiger partial charge in [0.25, 0.3) is 0 Å². The van der Waals surface area contributed by atoms with Gasteiger partial charge in [-0.3, -0.25) is 0 Å². The molecule has 0 aliphatic carbocycles. The Morgan fingerprint density at radius 2 is 1.16 bits per heavy atom. The Balaban J connectivity index is -0.0000000833. The van der Waals surface area contributed by atoms with Crippen molar-refractivity contribution in [3.8, 4) is 0 Å². The zero-order valence-corrected chi connectivity index (χ0v) is 13.3. The Hall–Kier alpha value is -0.460. The van der Waals surface area contributed by atoms with Crippen molar-refractivity contribution in [2.24, 2.45) is 0 Å². The molecule has 19 heavy (non-hydrogen) atoms. The predicted octanol–water partition coefficient (Wildman–Crippen LogP) is 1.34. The quantitative estimate of drug-likeness (QED) is 0.584. The number of hydrogen-bond acceptors (Lipinski definition) is 5. The van der Waals surface area contributed by atoms with Crippen molar-refractivity contribution in [3.05, 3.63) is 12.7 Å². The molecular formula is C14H34O5. The van der Waals surface area contributed by atoms with E-state index >= 15 is 0 Å². The molecule has 1 atom stereocenters. The zero-order chi connectivity index (χ0) is 16.3. The summed E-state index contributed by atoms with van der Waals surface area (Å²) >= 11 is 0. The summed E-state index contributed by atoms with van der Waals surface area (Å²) in [4.78, 5) is 0. The van der Waals surface area contributed by atoms with Gasteiger partial charge in [0.05, 0.1) is 38.1 Å². The van der Waals surface area contributed by atoms with Crippen LogP contribution in [0, 0.1) is 0 Å². The number of hydrogen-bond donors (Lipinski definition) is 4. The molecule has 5 nitrogen and oxygen atoms in total. The Morgan fingerprint density at radius 3 is 1.16 bits per heavy atom. The molecule has 0 amide bonds. The summed E-state index contributed by atoms with van der Waals surface area (Å²) in [5, 5.41) is 31.3. The van der Waals surface area contributed by atoms with Crippen LogP contribution in [0.1, 0.15) is 41.5 Å². The van der Waals surface area contributed by atoms with Crippen LogP contribution in [-0.2, 0) is 4.74 Å². The van der Waals surface area contributed by atoms with Crippen molar-refractivity contribution >= 4 is 0 Å². The second kappa shape index (κ2) is 26.2. The van der Waals surface area contributed by atoms with Gasteiger partial charge in [0.2, 0.25) is 0 Å². The standard InChI is InChI=1S/C6H14O.C3H8O2.C3H6.C2H6O2/c1-5(2)7-6(3)4;1-3(5)2-4;1-3-2;3-1-2-4/h5-6H,1-4H3;3-5H,2H2,1H3;3H,1H2,2H3;3-4H,1-2H2. The van der Waals surface area contributed by atoms with Crippen LogP contribution >= 0.6 is 0 Å². The lowest BCUT2D eigenvalue weighted by Crippen LogP contribution is -2.09. The molecule has 0 saturated carbocycles. The van der Waals surface area contributed by atoms with E-state index in [4.69, 9.17) is 25.2 Å². The molecule has 0 aromatic heterocycles. The molecule has 120 valence electrons. The molecule has 0 saturated heterocycles. The van der Waals surface area contributed by atoms with Crippen molar-refractivity contribution in [1.82, 2.24) is 0 Å². The topological polar surface area (TPSA) is 90.2 Å². The number of allylic oxidation sites excluding steroid dienone is 1. The van der Waals surface area contributed by atoms with Crippen LogP contribution in [0.15, 0.2) is 12.7 Å². The van der Waals surface area contributed by atoms with E-state index in [1.54, 1.807) is 6.08 Å². The van der Waals surface area contributed by atoms with Gasteiger partial charge >= 0.3 is 0 Å². The SMILES string of the molecule is C=CC.CC(C)OC(C)C.CC(O)CO.OCCO. The molecule has 0 fully saturated rings. The maximum absolute atomic E-state index is 8.11. The van der Waals surface area contributed by atoms with Crippen molar-refractivity contribution in [2.45, 2.75) is 59.9 Å². The summed E-state index contributed by atoms with van der Waals surface area (Å²) in [5.41, 5.74) is 0. The average Bonchev–Trinajstić information content (AvgIpc) is 2.29. The highest BCUT2D eigenvalue weighted by Crippen LogP contribution is 1.93. The smallest absolute Gasteiger partial charge is 0.0742 e. The zero-order valence-electron chi connectivity index (χ0n) is 13.3. The molecule has 4 N–H and O–H groups in total. The first-order chi connectivity index (χ1) is 8.72. The molecule has 0 rings (SSSR count). The second-order valence-electron chi connectivity index (χ2n) is 4.12. The van der Waals surface area contributed by atoms with E-state index in [-0.39, 0.29) is 19.8 Å². The average molecular weight is 282 g/mol. The molecule has 0 aromatic carbocycles. The fourth-order valence-electron chi connectivity index (χ4n) is 0.544. The highest BCUT2D eigenvalue weighted by molar-refractivity contribution is 4.51. The predicted molar refractivity (Wildman–Crippen MR) is 80.2 cm³/mol. The van der Waals surface area contributed by atoms with E-state index in [9.17, 15) is 0 Å². The fraction of sp³-hybridized carbons (Fsp3) is 0.857. The lowest BCUT2D eigenvalue weighted by molar-refractivity contribution is 0.0300. The molecule has 0 radical (unpaired) electrons. The van der Waals surface area contributed by atoms with Gasteiger partial charge in [0.15, 0.2) is 0 Å². The lowest BCUT2D eigenvalue weighted by atomic mass is 10.4. The van der Waals surface area contributed by atoms with Gasteiger partial charge in [0.1, 0.15) is 0 Å². The van der Waals surface area contributed by atoms with E-state index in [1.165, 1.54) is 6.92 Å². The van der Waals surface area contributed by atoms with Gasteiger partial charge in [-0.1, -0.05) is 6.08 Å². The molecule has 0 spiro atoms. The van der Waals surface area contributed by atoms with E-state index in [0.717, 1.165) is 0 Å². The lowest BCUT2D eigenvalue weighted by Gasteiger charge is -2.09. The normalized spacial score (nSPS) is 10.3. The summed E-state index contributed by atoms with van der Waals surface area (Å²) in [6, 6.07) is 0. The van der Waals surface area contributed by atoms with Gasteiger partial charge in [-0.2, -0.15) is 0 Å². The van der Waals surface area contributed by atoms with E-state index in [0.29, 0.717) is 12.2 Å². The van der Waals surface area contributed by atoms with Crippen molar-refractivity contribution in [3.63, 3.8) is 0 Å². The van der Waals surface area contributed by atoms with Crippen molar-refractivity contribution in [2.75, 3.05) is 19.8 Å². The molecular weight excluding hydrogens is 248 g/mol. The Bertz CT molecular complexity index is 128. The van der Waals surface area contributed by atoms with Gasteiger partial charge in [-0.25, -0.2) is 0 Å². The number of aliphatic hydroxyl groups is 4. The Labute approximate surface area is 118 Å². The maximum Gasteiger partial charge on any atom is 0.0742 e. The highest BCUT2D eigenvalue weighted by Gasteiger charge is 1.94. The molecule has 0 bridgehead atoms. The van der Waals surface area contributed by atoms with Crippen LogP contribution in [0.3, 0.4) is 0 Å². The third kappa shape index (κ3) is 99.0. The van der Waals surface area contributed by atoms with Crippen LogP contribution < -0.4 is 0 Å². The fourth-order valence-corrected chi connectivity index (χ4v) is 0.544. The molecule has 0 aromatic rings. The third-order valence-electron chi connectivity index (χ3n) is 0.909. The first-order valence-electron chi connectivity index (χ1n) is 6.46. The Morgan fingerprint density at radius 1 is 0.947 bits per heavy atom. The first-order valence-corrected chi connectivity index (χ1v) is 6.46. The molecule has 0 aliphatic heterocycles. The van der Waals surface area contributed by atoms with Crippen LogP contribution in [-0.4, -0.2) is 58.6 Å². The van der Waals surface area contributed by atoms with Gasteiger partial charge in [-0.05, 0) is 41.5 Å². The number of ether oxygens (including phenoxy) is 1. The monoisotopic (exact) mass is 282 g/mol. The molecule has 1 unspecified atom stereocenters.